The van der Waals surface area contributed by atoms with Gasteiger partial charge in [-0.1, -0.05) is 11.6 Å². The van der Waals surface area contributed by atoms with Crippen molar-refractivity contribution in [3.8, 4) is 6.07 Å². The summed E-state index contributed by atoms with van der Waals surface area (Å²) in [6.45, 7) is 6.64. The van der Waals surface area contributed by atoms with E-state index in [0.717, 1.165) is 11.4 Å². The number of fused-ring (bicyclic) bond motifs is 1. The average Bonchev–Trinajstić information content (AvgIpc) is 2.81. The summed E-state index contributed by atoms with van der Waals surface area (Å²) in [6.07, 6.45) is 1.89. The van der Waals surface area contributed by atoms with Gasteiger partial charge in [0, 0.05) is 18.2 Å². The SMILES string of the molecule is Cc1c(Cl)nc2ncnn2c1N(CCC#N)C(C)C. The van der Waals surface area contributed by atoms with Gasteiger partial charge < -0.3 is 4.90 Å². The van der Waals surface area contributed by atoms with E-state index in [2.05, 4.69) is 39.9 Å². The summed E-state index contributed by atoms with van der Waals surface area (Å²) in [7, 11) is 0. The molecule has 0 saturated carbocycles. The number of aromatic nitrogens is 4. The highest BCUT2D eigenvalue weighted by Gasteiger charge is 2.20. The number of nitriles is 1. The van der Waals surface area contributed by atoms with Crippen LogP contribution in [0.4, 0.5) is 5.82 Å². The normalized spacial score (nSPS) is 10.9. The summed E-state index contributed by atoms with van der Waals surface area (Å²) in [4.78, 5) is 10.3. The van der Waals surface area contributed by atoms with E-state index in [1.165, 1.54) is 6.33 Å². The summed E-state index contributed by atoms with van der Waals surface area (Å²) in [6, 6.07) is 2.38. The van der Waals surface area contributed by atoms with Crippen LogP contribution >= 0.6 is 11.6 Å². The van der Waals surface area contributed by atoms with Gasteiger partial charge in [-0.05, 0) is 20.8 Å². The Morgan fingerprint density at radius 2 is 2.26 bits per heavy atom. The van der Waals surface area contributed by atoms with Gasteiger partial charge in [0.1, 0.15) is 17.3 Å². The smallest absolute Gasteiger partial charge is 0.255 e. The van der Waals surface area contributed by atoms with Gasteiger partial charge >= 0.3 is 0 Å². The first-order chi connectivity index (χ1) is 9.06. The van der Waals surface area contributed by atoms with Gasteiger partial charge in [-0.2, -0.15) is 24.8 Å². The second-order valence-electron chi connectivity index (χ2n) is 4.52. The zero-order valence-electron chi connectivity index (χ0n) is 11.1. The summed E-state index contributed by atoms with van der Waals surface area (Å²) in [5.41, 5.74) is 0.839. The Balaban J connectivity index is 2.60. The maximum absolute atomic E-state index is 8.79. The average molecular weight is 279 g/mol. The monoisotopic (exact) mass is 278 g/mol. The number of anilines is 1. The lowest BCUT2D eigenvalue weighted by Gasteiger charge is -2.29. The van der Waals surface area contributed by atoms with Crippen LogP contribution in [0.5, 0.6) is 0 Å². The Bertz CT molecular complexity index is 627. The molecule has 0 spiro atoms. The molecule has 2 aromatic rings. The van der Waals surface area contributed by atoms with Crippen LogP contribution in [-0.4, -0.2) is 32.2 Å². The standard InChI is InChI=1S/C12H15ClN6/c1-8(2)18(6-4-5-14)11-9(3)10(13)17-12-15-7-16-19(11)12/h7-8H,4,6H2,1-3H3. The molecule has 0 aromatic carbocycles. The number of hydrogen-bond acceptors (Lipinski definition) is 5. The molecule has 100 valence electrons. The Morgan fingerprint density at radius 3 is 2.89 bits per heavy atom. The van der Waals surface area contributed by atoms with Crippen molar-refractivity contribution in [1.82, 2.24) is 19.6 Å². The number of halogens is 1. The molecule has 6 nitrogen and oxygen atoms in total. The number of rotatable bonds is 4. The van der Waals surface area contributed by atoms with Crippen LogP contribution < -0.4 is 4.90 Å². The molecule has 0 aliphatic carbocycles. The summed E-state index contributed by atoms with van der Waals surface area (Å²) < 4.78 is 1.67. The molecule has 2 rings (SSSR count). The minimum atomic E-state index is 0.220. The van der Waals surface area contributed by atoms with Gasteiger partial charge in [-0.15, -0.1) is 0 Å². The first kappa shape index (κ1) is 13.6. The van der Waals surface area contributed by atoms with Crippen molar-refractivity contribution in [2.75, 3.05) is 11.4 Å². The van der Waals surface area contributed by atoms with E-state index in [-0.39, 0.29) is 6.04 Å². The Kier molecular flexibility index (Phi) is 3.86. The number of nitrogens with zero attached hydrogens (tertiary/aromatic N) is 6. The van der Waals surface area contributed by atoms with Crippen LogP contribution in [-0.2, 0) is 0 Å². The van der Waals surface area contributed by atoms with E-state index >= 15 is 0 Å². The lowest BCUT2D eigenvalue weighted by molar-refractivity contribution is 0.659. The largest absolute Gasteiger partial charge is 0.353 e. The molecule has 0 atom stereocenters. The third-order valence-corrected chi connectivity index (χ3v) is 3.30. The molecule has 0 N–H and O–H groups in total. The highest BCUT2D eigenvalue weighted by molar-refractivity contribution is 6.30. The van der Waals surface area contributed by atoms with E-state index < -0.39 is 0 Å². The molecule has 19 heavy (non-hydrogen) atoms. The molecule has 2 heterocycles. The molecule has 0 aliphatic heterocycles. The lowest BCUT2D eigenvalue weighted by atomic mass is 10.2. The van der Waals surface area contributed by atoms with Gasteiger partial charge in [-0.25, -0.2) is 0 Å². The second-order valence-corrected chi connectivity index (χ2v) is 4.88. The van der Waals surface area contributed by atoms with Crippen molar-refractivity contribution in [3.63, 3.8) is 0 Å². The molecule has 0 radical (unpaired) electrons. The number of hydrogen-bond donors (Lipinski definition) is 0. The van der Waals surface area contributed by atoms with Gasteiger partial charge in [0.15, 0.2) is 0 Å². The molecular weight excluding hydrogens is 264 g/mol. The topological polar surface area (TPSA) is 70.1 Å². The lowest BCUT2D eigenvalue weighted by Crippen LogP contribution is -2.34. The quantitative estimate of drug-likeness (QED) is 0.802. The first-order valence-electron chi connectivity index (χ1n) is 6.05. The zero-order chi connectivity index (χ0) is 14.0. The van der Waals surface area contributed by atoms with E-state index in [0.29, 0.717) is 23.9 Å². The van der Waals surface area contributed by atoms with Gasteiger partial charge in [0.25, 0.3) is 5.78 Å². The third-order valence-electron chi connectivity index (χ3n) is 2.93. The van der Waals surface area contributed by atoms with Crippen molar-refractivity contribution in [2.24, 2.45) is 0 Å². The molecule has 0 bridgehead atoms. The molecule has 0 unspecified atom stereocenters. The maximum atomic E-state index is 8.79. The Labute approximate surface area is 116 Å². The fourth-order valence-corrected chi connectivity index (χ4v) is 2.16. The van der Waals surface area contributed by atoms with Crippen molar-refractivity contribution in [3.05, 3.63) is 17.0 Å². The minimum absolute atomic E-state index is 0.220. The third kappa shape index (κ3) is 2.47. The molecule has 0 aliphatic rings. The molecular formula is C12H15ClN6. The summed E-state index contributed by atoms with van der Waals surface area (Å²) in [5, 5.41) is 13.4. The van der Waals surface area contributed by atoms with E-state index in [1.807, 2.05) is 6.92 Å². The van der Waals surface area contributed by atoms with Crippen molar-refractivity contribution >= 4 is 23.2 Å². The van der Waals surface area contributed by atoms with Gasteiger partial charge in [0.05, 0.1) is 12.5 Å². The summed E-state index contributed by atoms with van der Waals surface area (Å²) in [5.74, 6) is 1.31. The van der Waals surface area contributed by atoms with Crippen molar-refractivity contribution < 1.29 is 0 Å². The van der Waals surface area contributed by atoms with Crippen LogP contribution in [0.2, 0.25) is 5.15 Å². The van der Waals surface area contributed by atoms with Crippen molar-refractivity contribution in [2.45, 2.75) is 33.2 Å². The zero-order valence-corrected chi connectivity index (χ0v) is 11.9. The highest BCUT2D eigenvalue weighted by atomic mass is 35.5. The van der Waals surface area contributed by atoms with E-state index in [9.17, 15) is 0 Å². The predicted molar refractivity (Wildman–Crippen MR) is 73.2 cm³/mol. The van der Waals surface area contributed by atoms with Gasteiger partial charge in [-0.3, -0.25) is 0 Å². The van der Waals surface area contributed by atoms with Gasteiger partial charge in [0.2, 0.25) is 0 Å². The fraction of sp³-hybridized carbons (Fsp3) is 0.500. The summed E-state index contributed by atoms with van der Waals surface area (Å²) >= 11 is 6.15. The van der Waals surface area contributed by atoms with Crippen LogP contribution in [0.1, 0.15) is 25.8 Å². The Morgan fingerprint density at radius 1 is 1.53 bits per heavy atom. The highest BCUT2D eigenvalue weighted by Crippen LogP contribution is 2.27. The molecule has 0 fully saturated rings. The molecule has 0 amide bonds. The first-order valence-corrected chi connectivity index (χ1v) is 6.43. The van der Waals surface area contributed by atoms with Crippen LogP contribution in [0.15, 0.2) is 6.33 Å². The minimum Gasteiger partial charge on any atom is -0.353 e. The molecule has 2 aromatic heterocycles. The van der Waals surface area contributed by atoms with Crippen molar-refractivity contribution in [1.29, 1.82) is 5.26 Å². The fourth-order valence-electron chi connectivity index (χ4n) is 2.00. The van der Waals surface area contributed by atoms with Crippen LogP contribution in [0, 0.1) is 18.3 Å². The van der Waals surface area contributed by atoms with Crippen LogP contribution in [0.3, 0.4) is 0 Å². The molecule has 0 saturated heterocycles. The predicted octanol–water partition coefficient (Wildman–Crippen LogP) is 2.21. The van der Waals surface area contributed by atoms with E-state index in [1.54, 1.807) is 4.52 Å². The Hall–Kier alpha value is -1.87. The van der Waals surface area contributed by atoms with E-state index in [4.69, 9.17) is 16.9 Å². The molecule has 7 heteroatoms. The maximum Gasteiger partial charge on any atom is 0.255 e. The second kappa shape index (κ2) is 5.41. The van der Waals surface area contributed by atoms with Crippen LogP contribution in [0.25, 0.3) is 5.78 Å².